The molecule has 2 N–H and O–H groups in total. The summed E-state index contributed by atoms with van der Waals surface area (Å²) in [6.45, 7) is 4.97. The fourth-order valence-corrected chi connectivity index (χ4v) is 3.83. The van der Waals surface area contributed by atoms with Crippen molar-refractivity contribution in [1.82, 2.24) is 15.2 Å². The normalized spacial score (nSPS) is 17.0. The highest BCUT2D eigenvalue weighted by Gasteiger charge is 2.30. The van der Waals surface area contributed by atoms with Crippen LogP contribution in [0.25, 0.3) is 0 Å². The van der Waals surface area contributed by atoms with Crippen LogP contribution < -0.4 is 5.32 Å². The van der Waals surface area contributed by atoms with Gasteiger partial charge in [-0.25, -0.2) is 9.78 Å². The molecule has 0 saturated carbocycles. The fraction of sp³-hybridized carbons (Fsp3) is 0.412. The molecule has 1 unspecified atom stereocenters. The topological polar surface area (TPSA) is 65.5 Å². The maximum Gasteiger partial charge on any atom is 0.318 e. The van der Waals surface area contributed by atoms with E-state index in [-0.39, 0.29) is 18.7 Å². The summed E-state index contributed by atoms with van der Waals surface area (Å²) in [6, 6.07) is 7.57. The Labute approximate surface area is 140 Å². The molecule has 1 aliphatic rings. The number of aryl methyl sites for hydroxylation is 2. The predicted molar refractivity (Wildman–Crippen MR) is 90.5 cm³/mol. The van der Waals surface area contributed by atoms with Gasteiger partial charge < -0.3 is 15.3 Å². The van der Waals surface area contributed by atoms with Gasteiger partial charge in [0, 0.05) is 11.4 Å². The van der Waals surface area contributed by atoms with Crippen molar-refractivity contribution >= 4 is 17.4 Å². The van der Waals surface area contributed by atoms with Crippen molar-refractivity contribution in [2.75, 3.05) is 13.2 Å². The number of carbonyl (C=O) groups excluding carboxylic acids is 1. The third kappa shape index (κ3) is 3.23. The van der Waals surface area contributed by atoms with Gasteiger partial charge in [-0.1, -0.05) is 24.3 Å². The molecule has 1 aromatic heterocycles. The molecule has 0 fully saturated rings. The number of aromatic nitrogens is 1. The molecule has 0 radical (unpaired) electrons. The van der Waals surface area contributed by atoms with Crippen molar-refractivity contribution in [2.24, 2.45) is 0 Å². The number of carbonyl (C=O) groups is 1. The second kappa shape index (κ2) is 6.68. The monoisotopic (exact) mass is 331 g/mol. The minimum atomic E-state index is -0.278. The highest BCUT2D eigenvalue weighted by atomic mass is 32.1. The second-order valence-electron chi connectivity index (χ2n) is 5.75. The maximum atomic E-state index is 12.5. The van der Waals surface area contributed by atoms with E-state index in [1.165, 1.54) is 10.4 Å². The van der Waals surface area contributed by atoms with Crippen LogP contribution in [-0.4, -0.2) is 34.2 Å². The number of urea groups is 1. The van der Waals surface area contributed by atoms with Crippen molar-refractivity contribution in [1.29, 1.82) is 0 Å². The van der Waals surface area contributed by atoms with Crippen LogP contribution >= 0.6 is 11.3 Å². The summed E-state index contributed by atoms with van der Waals surface area (Å²) in [5.74, 6) is 0. The van der Waals surface area contributed by atoms with Crippen LogP contribution in [0.1, 0.15) is 32.7 Å². The first kappa shape index (κ1) is 16.0. The Morgan fingerprint density at radius 3 is 2.91 bits per heavy atom. The quantitative estimate of drug-likeness (QED) is 0.908. The molecule has 0 bridgehead atoms. The summed E-state index contributed by atoms with van der Waals surface area (Å²) in [4.78, 5) is 19.9. The van der Waals surface area contributed by atoms with E-state index in [2.05, 4.69) is 16.4 Å². The summed E-state index contributed by atoms with van der Waals surface area (Å²) in [6.07, 6.45) is 0.815. The zero-order valence-corrected chi connectivity index (χ0v) is 14.2. The van der Waals surface area contributed by atoms with Crippen molar-refractivity contribution in [3.05, 3.63) is 51.0 Å². The molecule has 2 aromatic rings. The van der Waals surface area contributed by atoms with Crippen LogP contribution in [0.3, 0.4) is 0 Å². The van der Waals surface area contributed by atoms with E-state index in [1.54, 1.807) is 16.2 Å². The molecule has 0 aliphatic carbocycles. The Balaban J connectivity index is 1.69. The lowest BCUT2D eigenvalue weighted by Gasteiger charge is -2.36. The van der Waals surface area contributed by atoms with Crippen LogP contribution in [0.2, 0.25) is 0 Å². The average Bonchev–Trinajstić information content (AvgIpc) is 2.89. The standard InChI is InChI=1S/C17H21N3O2S/c1-11-12(2)23-16(19-11)9-18-17(22)20-8-7-13-5-3-4-6-14(13)15(20)10-21/h3-6,15,21H,7-10H2,1-2H3,(H,18,22). The van der Waals surface area contributed by atoms with E-state index in [0.29, 0.717) is 13.1 Å². The summed E-state index contributed by atoms with van der Waals surface area (Å²) in [7, 11) is 0. The van der Waals surface area contributed by atoms with Gasteiger partial charge in [0.05, 0.1) is 24.9 Å². The molecular weight excluding hydrogens is 310 g/mol. The fourth-order valence-electron chi connectivity index (χ4n) is 2.96. The number of hydrogen-bond acceptors (Lipinski definition) is 4. The van der Waals surface area contributed by atoms with Gasteiger partial charge in [0.2, 0.25) is 0 Å². The predicted octanol–water partition coefficient (Wildman–Crippen LogP) is 2.56. The van der Waals surface area contributed by atoms with Gasteiger partial charge in [0.15, 0.2) is 0 Å². The molecule has 2 heterocycles. The van der Waals surface area contributed by atoms with E-state index in [1.807, 2.05) is 32.0 Å². The lowest BCUT2D eigenvalue weighted by molar-refractivity contribution is 0.126. The molecule has 23 heavy (non-hydrogen) atoms. The highest BCUT2D eigenvalue weighted by Crippen LogP contribution is 2.29. The number of benzene rings is 1. The molecule has 6 heteroatoms. The Kier molecular flexibility index (Phi) is 4.63. The molecule has 122 valence electrons. The van der Waals surface area contributed by atoms with Crippen LogP contribution in [-0.2, 0) is 13.0 Å². The molecule has 1 atom stereocenters. The Bertz CT molecular complexity index is 694. The minimum Gasteiger partial charge on any atom is -0.394 e. The SMILES string of the molecule is Cc1nc(CNC(=O)N2CCc3ccccc3C2CO)sc1C. The van der Waals surface area contributed by atoms with Gasteiger partial charge in [-0.05, 0) is 31.4 Å². The molecule has 1 aliphatic heterocycles. The van der Waals surface area contributed by atoms with E-state index < -0.39 is 0 Å². The van der Waals surface area contributed by atoms with Gasteiger partial charge in [0.25, 0.3) is 0 Å². The summed E-state index contributed by atoms with van der Waals surface area (Å²) >= 11 is 1.60. The Morgan fingerprint density at radius 1 is 1.43 bits per heavy atom. The van der Waals surface area contributed by atoms with E-state index in [0.717, 1.165) is 22.7 Å². The van der Waals surface area contributed by atoms with Crippen molar-refractivity contribution < 1.29 is 9.90 Å². The van der Waals surface area contributed by atoms with Gasteiger partial charge in [-0.2, -0.15) is 0 Å². The van der Waals surface area contributed by atoms with Crippen molar-refractivity contribution in [3.63, 3.8) is 0 Å². The van der Waals surface area contributed by atoms with Gasteiger partial charge in [-0.15, -0.1) is 11.3 Å². The van der Waals surface area contributed by atoms with Gasteiger partial charge in [0.1, 0.15) is 5.01 Å². The van der Waals surface area contributed by atoms with Crippen molar-refractivity contribution in [3.8, 4) is 0 Å². The number of nitrogens with one attached hydrogen (secondary N) is 1. The third-order valence-corrected chi connectivity index (χ3v) is 5.38. The minimum absolute atomic E-state index is 0.0695. The summed E-state index contributed by atoms with van der Waals surface area (Å²) in [5, 5.41) is 13.6. The lowest BCUT2D eigenvalue weighted by atomic mass is 9.93. The van der Waals surface area contributed by atoms with Crippen LogP contribution in [0.5, 0.6) is 0 Å². The number of nitrogens with zero attached hydrogens (tertiary/aromatic N) is 2. The number of rotatable bonds is 3. The van der Waals surface area contributed by atoms with Gasteiger partial charge >= 0.3 is 6.03 Å². The molecule has 2 amide bonds. The zero-order valence-electron chi connectivity index (χ0n) is 13.4. The summed E-state index contributed by atoms with van der Waals surface area (Å²) in [5.41, 5.74) is 3.26. The lowest BCUT2D eigenvalue weighted by Crippen LogP contribution is -2.46. The second-order valence-corrected chi connectivity index (χ2v) is 7.04. The number of amides is 2. The first-order valence-corrected chi connectivity index (χ1v) is 8.58. The molecular formula is C17H21N3O2S. The number of fused-ring (bicyclic) bond motifs is 1. The molecule has 1 aromatic carbocycles. The van der Waals surface area contributed by atoms with E-state index in [4.69, 9.17) is 0 Å². The largest absolute Gasteiger partial charge is 0.394 e. The van der Waals surface area contributed by atoms with E-state index >= 15 is 0 Å². The zero-order chi connectivity index (χ0) is 16.4. The smallest absolute Gasteiger partial charge is 0.318 e. The first-order valence-electron chi connectivity index (χ1n) is 7.76. The van der Waals surface area contributed by atoms with Crippen molar-refractivity contribution in [2.45, 2.75) is 32.9 Å². The molecule has 5 nitrogen and oxygen atoms in total. The third-order valence-electron chi connectivity index (χ3n) is 4.31. The molecule has 0 saturated heterocycles. The van der Waals surface area contributed by atoms with Gasteiger partial charge in [-0.3, -0.25) is 0 Å². The molecule has 0 spiro atoms. The highest BCUT2D eigenvalue weighted by molar-refractivity contribution is 7.11. The number of hydrogen-bond donors (Lipinski definition) is 2. The maximum absolute atomic E-state index is 12.5. The number of aliphatic hydroxyl groups excluding tert-OH is 1. The Morgan fingerprint density at radius 2 is 2.22 bits per heavy atom. The van der Waals surface area contributed by atoms with Crippen LogP contribution in [0.15, 0.2) is 24.3 Å². The summed E-state index contributed by atoms with van der Waals surface area (Å²) < 4.78 is 0. The number of thiazole rings is 1. The van der Waals surface area contributed by atoms with Crippen LogP contribution in [0, 0.1) is 13.8 Å². The van der Waals surface area contributed by atoms with Crippen LogP contribution in [0.4, 0.5) is 4.79 Å². The first-order chi connectivity index (χ1) is 11.1. The number of aliphatic hydroxyl groups is 1. The van der Waals surface area contributed by atoms with E-state index in [9.17, 15) is 9.90 Å². The average molecular weight is 331 g/mol. The molecule has 3 rings (SSSR count). The Hall–Kier alpha value is -1.92.